The maximum atomic E-state index is 13.6. The summed E-state index contributed by atoms with van der Waals surface area (Å²) in [5.41, 5.74) is 0.945. The fourth-order valence-electron chi connectivity index (χ4n) is 5.70. The molecule has 2 amide bonds. The van der Waals surface area contributed by atoms with Gasteiger partial charge in [0, 0.05) is 41.6 Å². The summed E-state index contributed by atoms with van der Waals surface area (Å²) in [6.07, 6.45) is 4.98. The van der Waals surface area contributed by atoms with Crippen LogP contribution in [0.3, 0.4) is 0 Å². The van der Waals surface area contributed by atoms with Crippen molar-refractivity contribution in [3.63, 3.8) is 0 Å². The van der Waals surface area contributed by atoms with E-state index in [9.17, 15) is 14.7 Å². The Morgan fingerprint density at radius 3 is 2.71 bits per heavy atom. The van der Waals surface area contributed by atoms with E-state index < -0.39 is 17.2 Å². The molecule has 2 aliphatic rings. The molecule has 38 heavy (non-hydrogen) atoms. The average Bonchev–Trinajstić information content (AvgIpc) is 3.22. The quantitative estimate of drug-likeness (QED) is 0.453. The van der Waals surface area contributed by atoms with Crippen molar-refractivity contribution < 1.29 is 19.4 Å². The molecular weight excluding hydrogens is 506 g/mol. The Hall–Kier alpha value is -2.72. The second-order valence-corrected chi connectivity index (χ2v) is 12.1. The number of carbonyl (C=O) groups excluding carboxylic acids is 2. The molecule has 0 bridgehead atoms. The van der Waals surface area contributed by atoms with Gasteiger partial charge >= 0.3 is 0 Å². The SMILES string of the molecule is CC1(C)CN(CC(=O)N2CCC(C(C)(C)O)CC2)[C@H](C(=O)Nc2cc(Cl)cc3c2[nH]c2cnccc23)CO1. The van der Waals surface area contributed by atoms with Gasteiger partial charge in [-0.3, -0.25) is 19.5 Å². The molecular formula is C28H36ClN5O4. The van der Waals surface area contributed by atoms with Crippen LogP contribution in [-0.4, -0.2) is 86.7 Å². The monoisotopic (exact) mass is 541 g/mol. The maximum absolute atomic E-state index is 13.6. The highest BCUT2D eigenvalue weighted by Gasteiger charge is 2.40. The lowest BCUT2D eigenvalue weighted by Gasteiger charge is -2.44. The summed E-state index contributed by atoms with van der Waals surface area (Å²) in [6.45, 7) is 9.54. The fourth-order valence-corrected chi connectivity index (χ4v) is 5.92. The van der Waals surface area contributed by atoms with Crippen molar-refractivity contribution in [1.29, 1.82) is 0 Å². The molecule has 10 heteroatoms. The van der Waals surface area contributed by atoms with Gasteiger partial charge in [-0.25, -0.2) is 0 Å². The van der Waals surface area contributed by atoms with E-state index in [1.54, 1.807) is 18.5 Å². The van der Waals surface area contributed by atoms with E-state index in [0.29, 0.717) is 30.3 Å². The van der Waals surface area contributed by atoms with Crippen LogP contribution in [0.1, 0.15) is 40.5 Å². The zero-order valence-electron chi connectivity index (χ0n) is 22.4. The number of aliphatic hydroxyl groups is 1. The van der Waals surface area contributed by atoms with E-state index in [-0.39, 0.29) is 30.9 Å². The van der Waals surface area contributed by atoms with Crippen molar-refractivity contribution in [2.45, 2.75) is 57.8 Å². The molecule has 1 aromatic carbocycles. The molecule has 1 atom stereocenters. The number of anilines is 1. The van der Waals surface area contributed by atoms with E-state index in [0.717, 1.165) is 34.6 Å². The number of aromatic amines is 1. The number of carbonyl (C=O) groups is 2. The first kappa shape index (κ1) is 26.9. The number of nitrogens with one attached hydrogen (secondary N) is 2. The molecule has 0 radical (unpaired) electrons. The van der Waals surface area contributed by atoms with Crippen molar-refractivity contribution in [3.05, 3.63) is 35.6 Å². The Labute approximate surface area is 227 Å². The summed E-state index contributed by atoms with van der Waals surface area (Å²) >= 11 is 6.43. The summed E-state index contributed by atoms with van der Waals surface area (Å²) < 4.78 is 6.01. The molecule has 0 unspecified atom stereocenters. The maximum Gasteiger partial charge on any atom is 0.244 e. The minimum Gasteiger partial charge on any atom is -0.390 e. The van der Waals surface area contributed by atoms with E-state index in [1.807, 2.05) is 49.6 Å². The van der Waals surface area contributed by atoms with Gasteiger partial charge in [-0.2, -0.15) is 0 Å². The van der Waals surface area contributed by atoms with Crippen LogP contribution in [0.4, 0.5) is 5.69 Å². The zero-order chi connectivity index (χ0) is 27.2. The molecule has 0 saturated carbocycles. The topological polar surface area (TPSA) is 111 Å². The Balaban J connectivity index is 1.33. The van der Waals surface area contributed by atoms with Crippen LogP contribution in [0, 0.1) is 5.92 Å². The lowest BCUT2D eigenvalue weighted by molar-refractivity contribution is -0.151. The van der Waals surface area contributed by atoms with Gasteiger partial charge in [0.1, 0.15) is 6.04 Å². The first-order valence-electron chi connectivity index (χ1n) is 13.2. The number of ether oxygens (including phenoxy) is 1. The molecule has 2 saturated heterocycles. The fraction of sp³-hybridized carbons (Fsp3) is 0.536. The lowest BCUT2D eigenvalue weighted by Crippen LogP contribution is -2.60. The highest BCUT2D eigenvalue weighted by atomic mass is 35.5. The van der Waals surface area contributed by atoms with Gasteiger partial charge in [-0.15, -0.1) is 0 Å². The van der Waals surface area contributed by atoms with Crippen LogP contribution in [0.2, 0.25) is 5.02 Å². The van der Waals surface area contributed by atoms with Gasteiger partial charge in [0.05, 0.1) is 47.3 Å². The number of hydrogen-bond acceptors (Lipinski definition) is 6. The summed E-state index contributed by atoms with van der Waals surface area (Å²) in [5, 5.41) is 15.8. The molecule has 5 rings (SSSR count). The van der Waals surface area contributed by atoms with E-state index >= 15 is 0 Å². The Bertz CT molecular complexity index is 1360. The number of H-pyrrole nitrogens is 1. The van der Waals surface area contributed by atoms with Gasteiger partial charge in [-0.05, 0) is 64.7 Å². The van der Waals surface area contributed by atoms with E-state index in [2.05, 4.69) is 15.3 Å². The Kier molecular flexibility index (Phi) is 7.15. The largest absolute Gasteiger partial charge is 0.390 e. The van der Waals surface area contributed by atoms with Gasteiger partial charge < -0.3 is 25.0 Å². The third-order valence-electron chi connectivity index (χ3n) is 7.88. The van der Waals surface area contributed by atoms with Gasteiger partial charge in [0.2, 0.25) is 11.8 Å². The smallest absolute Gasteiger partial charge is 0.244 e. The minimum absolute atomic E-state index is 0.0111. The summed E-state index contributed by atoms with van der Waals surface area (Å²) in [5.74, 6) is -0.0975. The summed E-state index contributed by atoms with van der Waals surface area (Å²) in [7, 11) is 0. The number of likely N-dealkylation sites (tertiary alicyclic amines) is 1. The number of hydrogen-bond donors (Lipinski definition) is 3. The summed E-state index contributed by atoms with van der Waals surface area (Å²) in [4.78, 5) is 38.2. The van der Waals surface area contributed by atoms with Crippen molar-refractivity contribution >= 4 is 50.9 Å². The zero-order valence-corrected chi connectivity index (χ0v) is 23.1. The first-order chi connectivity index (χ1) is 17.9. The van der Waals surface area contributed by atoms with Crippen LogP contribution >= 0.6 is 11.6 Å². The number of benzene rings is 1. The number of rotatable bonds is 5. The van der Waals surface area contributed by atoms with Crippen LogP contribution in [0.15, 0.2) is 30.6 Å². The lowest BCUT2D eigenvalue weighted by atomic mass is 9.83. The van der Waals surface area contributed by atoms with E-state index in [1.165, 1.54) is 0 Å². The van der Waals surface area contributed by atoms with Crippen LogP contribution in [-0.2, 0) is 14.3 Å². The molecule has 2 fully saturated rings. The second kappa shape index (κ2) is 10.1. The predicted molar refractivity (Wildman–Crippen MR) is 148 cm³/mol. The molecule has 2 aromatic heterocycles. The average molecular weight is 542 g/mol. The first-order valence-corrected chi connectivity index (χ1v) is 13.5. The van der Waals surface area contributed by atoms with Crippen molar-refractivity contribution in [1.82, 2.24) is 19.8 Å². The molecule has 0 spiro atoms. The van der Waals surface area contributed by atoms with Crippen LogP contribution in [0.25, 0.3) is 21.8 Å². The van der Waals surface area contributed by atoms with Gasteiger partial charge in [0.25, 0.3) is 0 Å². The number of nitrogens with zero attached hydrogens (tertiary/aromatic N) is 3. The molecule has 9 nitrogen and oxygen atoms in total. The molecule has 2 aliphatic heterocycles. The normalized spacial score (nSPS) is 21.2. The number of fused-ring (bicyclic) bond motifs is 3. The molecule has 3 aromatic rings. The predicted octanol–water partition coefficient (Wildman–Crippen LogP) is 3.80. The highest BCUT2D eigenvalue weighted by Crippen LogP contribution is 2.34. The standard InChI is InChI=1S/C28H36ClN5O4/c1-27(2)16-34(14-24(35)33-9-6-17(7-10-33)28(3,4)37)23(15-38-27)26(36)32-21-12-18(29)11-20-19-5-8-30-13-22(19)31-25(20)21/h5,8,11-13,17,23,31,37H,6-7,9-10,14-16H2,1-4H3,(H,32,36)/t23-/m0/s1. The third-order valence-corrected chi connectivity index (χ3v) is 8.09. The Morgan fingerprint density at radius 1 is 1.26 bits per heavy atom. The Morgan fingerprint density at radius 2 is 2.00 bits per heavy atom. The van der Waals surface area contributed by atoms with Crippen LogP contribution < -0.4 is 5.32 Å². The molecule has 3 N–H and O–H groups in total. The summed E-state index contributed by atoms with van der Waals surface area (Å²) in [6, 6.07) is 4.86. The number of aromatic nitrogens is 2. The van der Waals surface area contributed by atoms with Crippen molar-refractivity contribution in [2.24, 2.45) is 5.92 Å². The highest BCUT2D eigenvalue weighted by molar-refractivity contribution is 6.33. The number of amides is 2. The van der Waals surface area contributed by atoms with Gasteiger partial charge in [0.15, 0.2) is 0 Å². The van der Waals surface area contributed by atoms with Crippen molar-refractivity contribution in [2.75, 3.05) is 38.1 Å². The van der Waals surface area contributed by atoms with Crippen molar-refractivity contribution in [3.8, 4) is 0 Å². The number of pyridine rings is 1. The molecule has 4 heterocycles. The van der Waals surface area contributed by atoms with E-state index in [4.69, 9.17) is 16.3 Å². The number of morpholine rings is 1. The van der Waals surface area contributed by atoms with Gasteiger partial charge in [-0.1, -0.05) is 11.6 Å². The molecule has 204 valence electrons. The second-order valence-electron chi connectivity index (χ2n) is 11.7. The minimum atomic E-state index is -0.750. The number of halogens is 1. The van der Waals surface area contributed by atoms with Crippen LogP contribution in [0.5, 0.6) is 0 Å². The third kappa shape index (κ3) is 5.52. The number of piperidine rings is 1. The molecule has 0 aliphatic carbocycles.